The van der Waals surface area contributed by atoms with Gasteiger partial charge in [0, 0.05) is 28.9 Å². The number of carbonyl (C=O) groups is 2. The van der Waals surface area contributed by atoms with Crippen molar-refractivity contribution in [2.45, 2.75) is 50.0 Å². The molecule has 1 aromatic heterocycles. The molecule has 2 aromatic rings. The standard InChI is InChI=1S/C23H24N2O4/c1-4-22-9-10-23(29-22)17(12(22)2)20(26)25-16(21(27)28-3)11-14-13-7-5-6-8-15(13)24-18(14)19(23)25/h5-10,12,16-17,19,24H,4,11H2,1-3H3. The molecule has 6 rings (SSSR count). The van der Waals surface area contributed by atoms with Crippen molar-refractivity contribution < 1.29 is 19.1 Å². The number of esters is 1. The fourth-order valence-corrected chi connectivity index (χ4v) is 6.49. The first kappa shape index (κ1) is 17.3. The van der Waals surface area contributed by atoms with Crippen molar-refractivity contribution in [3.05, 3.63) is 47.7 Å². The Kier molecular flexibility index (Phi) is 3.16. The highest BCUT2D eigenvalue weighted by Gasteiger charge is 2.75. The lowest BCUT2D eigenvalue weighted by Crippen LogP contribution is -2.51. The van der Waals surface area contributed by atoms with E-state index >= 15 is 0 Å². The van der Waals surface area contributed by atoms with E-state index < -0.39 is 17.2 Å². The first-order valence-corrected chi connectivity index (χ1v) is 10.4. The van der Waals surface area contributed by atoms with Crippen molar-refractivity contribution in [1.82, 2.24) is 9.88 Å². The van der Waals surface area contributed by atoms with Gasteiger partial charge in [-0.1, -0.05) is 44.2 Å². The van der Waals surface area contributed by atoms with Crippen LogP contribution in [-0.2, 0) is 25.5 Å². The van der Waals surface area contributed by atoms with Crippen LogP contribution in [-0.4, -0.2) is 46.1 Å². The number of hydrogen-bond donors (Lipinski definition) is 1. The Labute approximate surface area is 168 Å². The number of rotatable bonds is 2. The first-order chi connectivity index (χ1) is 14.0. The molecule has 1 N–H and O–H groups in total. The summed E-state index contributed by atoms with van der Waals surface area (Å²) in [6, 6.07) is 7.12. The molecule has 2 saturated heterocycles. The van der Waals surface area contributed by atoms with Gasteiger partial charge in [0.25, 0.3) is 0 Å². The molecule has 6 unspecified atom stereocenters. The normalized spacial score (nSPS) is 39.0. The van der Waals surface area contributed by atoms with Gasteiger partial charge in [-0.15, -0.1) is 0 Å². The zero-order valence-electron chi connectivity index (χ0n) is 16.8. The first-order valence-electron chi connectivity index (χ1n) is 10.4. The molecule has 2 fully saturated rings. The van der Waals surface area contributed by atoms with Gasteiger partial charge in [-0.2, -0.15) is 0 Å². The second-order valence-corrected chi connectivity index (χ2v) is 8.82. The molecule has 5 heterocycles. The highest BCUT2D eigenvalue weighted by Crippen LogP contribution is 2.66. The van der Waals surface area contributed by atoms with Crippen molar-refractivity contribution in [2.24, 2.45) is 11.8 Å². The van der Waals surface area contributed by atoms with Gasteiger partial charge < -0.3 is 19.4 Å². The second-order valence-electron chi connectivity index (χ2n) is 8.82. The molecule has 0 saturated carbocycles. The van der Waals surface area contributed by atoms with E-state index in [1.54, 1.807) is 4.90 Å². The third kappa shape index (κ3) is 1.78. The largest absolute Gasteiger partial charge is 0.467 e. The Bertz CT molecular complexity index is 1100. The molecule has 1 spiro atoms. The van der Waals surface area contributed by atoms with Crippen molar-refractivity contribution in [1.29, 1.82) is 0 Å². The van der Waals surface area contributed by atoms with Crippen LogP contribution in [0.25, 0.3) is 10.9 Å². The number of amides is 1. The van der Waals surface area contributed by atoms with Gasteiger partial charge in [-0.25, -0.2) is 4.79 Å². The van der Waals surface area contributed by atoms with E-state index in [2.05, 4.69) is 37.0 Å². The molecule has 0 aliphatic carbocycles. The van der Waals surface area contributed by atoms with Crippen LogP contribution >= 0.6 is 0 Å². The molecule has 1 amide bonds. The van der Waals surface area contributed by atoms with E-state index in [4.69, 9.17) is 9.47 Å². The zero-order valence-corrected chi connectivity index (χ0v) is 16.8. The quantitative estimate of drug-likeness (QED) is 0.630. The summed E-state index contributed by atoms with van der Waals surface area (Å²) < 4.78 is 11.9. The van der Waals surface area contributed by atoms with E-state index in [9.17, 15) is 9.59 Å². The number of nitrogens with one attached hydrogen (secondary N) is 1. The van der Waals surface area contributed by atoms with Crippen molar-refractivity contribution in [3.63, 3.8) is 0 Å². The molecule has 4 aliphatic heterocycles. The third-order valence-electron chi connectivity index (χ3n) is 7.85. The number of fused-ring (bicyclic) bond motifs is 6. The van der Waals surface area contributed by atoms with Crippen LogP contribution in [0.15, 0.2) is 36.4 Å². The minimum atomic E-state index is -0.741. The van der Waals surface area contributed by atoms with Gasteiger partial charge in [0.2, 0.25) is 5.91 Å². The molecule has 6 heteroatoms. The molecule has 4 aliphatic rings. The Morgan fingerprint density at radius 3 is 2.90 bits per heavy atom. The van der Waals surface area contributed by atoms with Crippen LogP contribution in [0.2, 0.25) is 0 Å². The van der Waals surface area contributed by atoms with E-state index in [0.717, 1.165) is 28.6 Å². The van der Waals surface area contributed by atoms with Crippen LogP contribution in [0.3, 0.4) is 0 Å². The average Bonchev–Trinajstić information content (AvgIpc) is 3.43. The van der Waals surface area contributed by atoms with Gasteiger partial charge in [-0.3, -0.25) is 4.79 Å². The minimum Gasteiger partial charge on any atom is -0.467 e. The van der Waals surface area contributed by atoms with Crippen LogP contribution in [0.5, 0.6) is 0 Å². The van der Waals surface area contributed by atoms with Crippen molar-refractivity contribution in [2.75, 3.05) is 7.11 Å². The fourth-order valence-electron chi connectivity index (χ4n) is 6.49. The van der Waals surface area contributed by atoms with Gasteiger partial charge in [0.1, 0.15) is 17.7 Å². The Hall–Kier alpha value is -2.60. The summed E-state index contributed by atoms with van der Waals surface area (Å²) in [6.07, 6.45) is 5.52. The van der Waals surface area contributed by atoms with Crippen molar-refractivity contribution >= 4 is 22.8 Å². The number of methoxy groups -OCH3 is 1. The maximum Gasteiger partial charge on any atom is 0.328 e. The summed E-state index contributed by atoms with van der Waals surface area (Å²) in [5.74, 6) is -0.599. The number of aromatic nitrogens is 1. The molecule has 6 nitrogen and oxygen atoms in total. The highest BCUT2D eigenvalue weighted by atomic mass is 16.5. The van der Waals surface area contributed by atoms with Gasteiger partial charge >= 0.3 is 5.97 Å². The predicted molar refractivity (Wildman–Crippen MR) is 106 cm³/mol. The molecule has 6 atom stereocenters. The lowest BCUT2D eigenvalue weighted by atomic mass is 9.69. The number of carbonyl (C=O) groups excluding carboxylic acids is 2. The Balaban J connectivity index is 1.62. The maximum absolute atomic E-state index is 13.7. The Morgan fingerprint density at radius 1 is 1.34 bits per heavy atom. The minimum absolute atomic E-state index is 0.00174. The average molecular weight is 392 g/mol. The summed E-state index contributed by atoms with van der Waals surface area (Å²) in [5.41, 5.74) is 1.95. The SMILES string of the molecule is CCC12C=CC3(O1)C(C(=O)N1C(C(=O)OC)Cc4c([nH]c5ccccc45)C13)C2C. The zero-order chi connectivity index (χ0) is 20.1. The van der Waals surface area contributed by atoms with E-state index in [1.807, 2.05) is 18.2 Å². The number of ether oxygens (including phenoxy) is 2. The van der Waals surface area contributed by atoms with Crippen LogP contribution in [0, 0.1) is 11.8 Å². The molecule has 0 radical (unpaired) electrons. The van der Waals surface area contributed by atoms with Gasteiger partial charge in [0.15, 0.2) is 0 Å². The number of para-hydroxylation sites is 1. The predicted octanol–water partition coefficient (Wildman–Crippen LogP) is 2.89. The summed E-state index contributed by atoms with van der Waals surface area (Å²) >= 11 is 0. The molecule has 150 valence electrons. The van der Waals surface area contributed by atoms with E-state index in [-0.39, 0.29) is 29.8 Å². The lowest BCUT2D eigenvalue weighted by molar-refractivity contribution is -0.156. The molecular formula is C23H24N2O4. The highest BCUT2D eigenvalue weighted by molar-refractivity contribution is 5.94. The van der Waals surface area contributed by atoms with Crippen molar-refractivity contribution in [3.8, 4) is 0 Å². The van der Waals surface area contributed by atoms with Crippen LogP contribution < -0.4 is 0 Å². The summed E-state index contributed by atoms with van der Waals surface area (Å²) in [4.78, 5) is 31.8. The smallest absolute Gasteiger partial charge is 0.328 e. The second kappa shape index (κ2) is 5.30. The fraction of sp³-hybridized carbons (Fsp3) is 0.478. The van der Waals surface area contributed by atoms with E-state index in [0.29, 0.717) is 6.42 Å². The lowest BCUT2D eigenvalue weighted by Gasteiger charge is -2.41. The summed E-state index contributed by atoms with van der Waals surface area (Å²) in [6.45, 7) is 4.21. The van der Waals surface area contributed by atoms with Gasteiger partial charge in [0.05, 0.1) is 18.6 Å². The molecular weight excluding hydrogens is 368 g/mol. The molecule has 1 aromatic carbocycles. The van der Waals surface area contributed by atoms with Crippen LogP contribution in [0.1, 0.15) is 37.6 Å². The Morgan fingerprint density at radius 2 is 2.14 bits per heavy atom. The monoisotopic (exact) mass is 392 g/mol. The maximum atomic E-state index is 13.7. The number of hydrogen-bond acceptors (Lipinski definition) is 4. The molecule has 2 bridgehead atoms. The summed E-state index contributed by atoms with van der Waals surface area (Å²) in [7, 11) is 1.39. The van der Waals surface area contributed by atoms with Gasteiger partial charge in [-0.05, 0) is 18.1 Å². The molecule has 29 heavy (non-hydrogen) atoms. The number of aromatic amines is 1. The number of H-pyrrole nitrogens is 1. The number of nitrogens with zero attached hydrogens (tertiary/aromatic N) is 1. The van der Waals surface area contributed by atoms with Crippen LogP contribution in [0.4, 0.5) is 0 Å². The van der Waals surface area contributed by atoms with E-state index in [1.165, 1.54) is 7.11 Å². The summed E-state index contributed by atoms with van der Waals surface area (Å²) in [5, 5.41) is 1.10. The third-order valence-corrected chi connectivity index (χ3v) is 7.85. The number of benzene rings is 1. The topological polar surface area (TPSA) is 71.6 Å².